The van der Waals surface area contributed by atoms with Gasteiger partial charge in [-0.2, -0.15) is 0 Å². The summed E-state index contributed by atoms with van der Waals surface area (Å²) in [5, 5.41) is 1.21. The van der Waals surface area contributed by atoms with Crippen LogP contribution in [0.5, 0.6) is 0 Å². The Labute approximate surface area is 111 Å². The molecule has 0 saturated heterocycles. The lowest BCUT2D eigenvalue weighted by molar-refractivity contribution is -0.645. The minimum atomic E-state index is 0. The maximum atomic E-state index is 11.0. The molecule has 17 heavy (non-hydrogen) atoms. The Kier molecular flexibility index (Phi) is 4.97. The third-order valence-corrected chi connectivity index (χ3v) is 3.65. The summed E-state index contributed by atoms with van der Waals surface area (Å²) in [5.41, 5.74) is 1.19. The molecule has 0 spiro atoms. The predicted octanol–water partition coefficient (Wildman–Crippen LogP) is -0.651. The molecule has 90 valence electrons. The largest absolute Gasteiger partial charge is 1.00 e. The fourth-order valence-electron chi connectivity index (χ4n) is 1.64. The number of fused-ring (bicyclic) bond motifs is 1. The van der Waals surface area contributed by atoms with E-state index in [2.05, 4.69) is 22.8 Å². The van der Waals surface area contributed by atoms with Gasteiger partial charge in [-0.3, -0.25) is 4.79 Å². The summed E-state index contributed by atoms with van der Waals surface area (Å²) in [4.78, 5) is 12.2. The van der Waals surface area contributed by atoms with Gasteiger partial charge in [0.1, 0.15) is 12.8 Å². The van der Waals surface area contributed by atoms with Crippen molar-refractivity contribution in [2.24, 2.45) is 7.05 Å². The second-order valence-electron chi connectivity index (χ2n) is 3.80. The molecule has 0 aliphatic carbocycles. The highest BCUT2D eigenvalue weighted by Crippen LogP contribution is 2.25. The molecule has 0 bridgehead atoms. The summed E-state index contributed by atoms with van der Waals surface area (Å²) in [7, 11) is 2.03. The van der Waals surface area contributed by atoms with Crippen molar-refractivity contribution in [1.29, 1.82) is 0 Å². The van der Waals surface area contributed by atoms with Crippen LogP contribution in [0.1, 0.15) is 6.92 Å². The Morgan fingerprint density at radius 2 is 2.00 bits per heavy atom. The van der Waals surface area contributed by atoms with Crippen molar-refractivity contribution in [1.82, 2.24) is 0 Å². The van der Waals surface area contributed by atoms with E-state index in [-0.39, 0.29) is 18.2 Å². The molecule has 1 heterocycles. The van der Waals surface area contributed by atoms with E-state index in [4.69, 9.17) is 0 Å². The molecule has 0 atom stereocenters. The average molecular weight is 268 g/mol. The molecular formula is C13H14ClNOS. The number of hydrogen-bond donors (Lipinski definition) is 0. The van der Waals surface area contributed by atoms with Crippen LogP contribution in [0.4, 0.5) is 0 Å². The van der Waals surface area contributed by atoms with Gasteiger partial charge < -0.3 is 12.4 Å². The number of carbonyl (C=O) groups excluding carboxylic acids is 1. The second-order valence-corrected chi connectivity index (χ2v) is 4.82. The number of nitrogens with zero attached hydrogens (tertiary/aromatic N) is 1. The molecule has 2 rings (SSSR count). The molecule has 1 aromatic heterocycles. The summed E-state index contributed by atoms with van der Waals surface area (Å²) in [5.74, 6) is 0.750. The maximum Gasteiger partial charge on any atom is 0.213 e. The van der Waals surface area contributed by atoms with E-state index in [1.54, 1.807) is 18.7 Å². The SMILES string of the molecule is CC(=O)CSc1cc[n+](C)c2ccccc12.[Cl-]. The number of benzene rings is 1. The Morgan fingerprint density at radius 3 is 2.71 bits per heavy atom. The highest BCUT2D eigenvalue weighted by atomic mass is 35.5. The van der Waals surface area contributed by atoms with E-state index in [1.807, 2.05) is 25.4 Å². The van der Waals surface area contributed by atoms with E-state index in [0.29, 0.717) is 5.75 Å². The lowest BCUT2D eigenvalue weighted by Crippen LogP contribution is -3.00. The van der Waals surface area contributed by atoms with Crippen LogP contribution >= 0.6 is 11.8 Å². The summed E-state index contributed by atoms with van der Waals surface area (Å²) < 4.78 is 2.09. The van der Waals surface area contributed by atoms with Crippen molar-refractivity contribution in [2.45, 2.75) is 11.8 Å². The summed E-state index contributed by atoms with van der Waals surface area (Å²) in [6.45, 7) is 1.62. The summed E-state index contributed by atoms with van der Waals surface area (Å²) >= 11 is 1.60. The number of halogens is 1. The molecule has 0 radical (unpaired) electrons. The van der Waals surface area contributed by atoms with Crippen LogP contribution in [-0.4, -0.2) is 11.5 Å². The topological polar surface area (TPSA) is 20.9 Å². The number of pyridine rings is 1. The maximum absolute atomic E-state index is 11.0. The fraction of sp³-hybridized carbons (Fsp3) is 0.231. The monoisotopic (exact) mass is 267 g/mol. The van der Waals surface area contributed by atoms with Gasteiger partial charge in [-0.25, -0.2) is 4.57 Å². The molecule has 0 N–H and O–H groups in total. The first kappa shape index (κ1) is 14.0. The molecule has 2 nitrogen and oxygen atoms in total. The van der Waals surface area contributed by atoms with Gasteiger partial charge in [-0.05, 0) is 13.0 Å². The van der Waals surface area contributed by atoms with Crippen molar-refractivity contribution < 1.29 is 21.8 Å². The van der Waals surface area contributed by atoms with Gasteiger partial charge in [-0.1, -0.05) is 12.1 Å². The molecule has 0 unspecified atom stereocenters. The Balaban J connectivity index is 0.00000144. The van der Waals surface area contributed by atoms with Crippen molar-refractivity contribution in [2.75, 3.05) is 5.75 Å². The standard InChI is InChI=1S/C13H14NOS.ClH/c1-10(15)9-16-13-7-8-14(2)12-6-4-3-5-11(12)13;/h3-8H,9H2,1-2H3;1H/q+1;/p-1. The zero-order valence-electron chi connectivity index (χ0n) is 9.81. The average Bonchev–Trinajstić information content (AvgIpc) is 2.28. The molecular weight excluding hydrogens is 254 g/mol. The number of para-hydroxylation sites is 1. The lowest BCUT2D eigenvalue weighted by atomic mass is 10.2. The van der Waals surface area contributed by atoms with E-state index >= 15 is 0 Å². The first-order valence-electron chi connectivity index (χ1n) is 5.18. The van der Waals surface area contributed by atoms with Crippen LogP contribution in [0, 0.1) is 0 Å². The summed E-state index contributed by atoms with van der Waals surface area (Å²) in [6, 6.07) is 10.3. The zero-order chi connectivity index (χ0) is 11.5. The van der Waals surface area contributed by atoms with Crippen molar-refractivity contribution in [3.63, 3.8) is 0 Å². The first-order chi connectivity index (χ1) is 7.68. The number of Topliss-reactive ketones (excluding diaryl/α,β-unsaturated/α-hetero) is 1. The Bertz CT molecular complexity index is 542. The van der Waals surface area contributed by atoms with Gasteiger partial charge in [-0.15, -0.1) is 11.8 Å². The molecule has 4 heteroatoms. The quantitative estimate of drug-likeness (QED) is 0.544. The van der Waals surface area contributed by atoms with E-state index < -0.39 is 0 Å². The third kappa shape index (κ3) is 3.20. The van der Waals surface area contributed by atoms with Crippen molar-refractivity contribution >= 4 is 28.4 Å². The Morgan fingerprint density at radius 1 is 1.29 bits per heavy atom. The lowest BCUT2D eigenvalue weighted by Gasteiger charge is -2.03. The number of aryl methyl sites for hydroxylation is 1. The molecule has 1 aromatic carbocycles. The third-order valence-electron chi connectivity index (χ3n) is 2.43. The van der Waals surface area contributed by atoms with E-state index in [1.165, 1.54) is 15.8 Å². The normalized spacial score (nSPS) is 10.0. The minimum Gasteiger partial charge on any atom is -1.00 e. The first-order valence-corrected chi connectivity index (χ1v) is 6.16. The van der Waals surface area contributed by atoms with E-state index in [0.717, 1.165) is 0 Å². The predicted molar refractivity (Wildman–Crippen MR) is 66.5 cm³/mol. The van der Waals surface area contributed by atoms with Crippen LogP contribution in [-0.2, 0) is 11.8 Å². The van der Waals surface area contributed by atoms with Gasteiger partial charge in [0.2, 0.25) is 5.52 Å². The molecule has 2 aromatic rings. The highest BCUT2D eigenvalue weighted by Gasteiger charge is 2.09. The number of rotatable bonds is 3. The number of carbonyl (C=O) groups is 1. The van der Waals surface area contributed by atoms with Gasteiger partial charge in [0.15, 0.2) is 6.20 Å². The van der Waals surface area contributed by atoms with Crippen LogP contribution in [0.15, 0.2) is 41.4 Å². The Hall–Kier alpha value is -1.06. The second kappa shape index (κ2) is 6.03. The molecule has 0 saturated carbocycles. The highest BCUT2D eigenvalue weighted by molar-refractivity contribution is 8.00. The smallest absolute Gasteiger partial charge is 0.213 e. The molecule has 0 amide bonds. The van der Waals surface area contributed by atoms with Crippen molar-refractivity contribution in [3.8, 4) is 0 Å². The molecule has 0 aliphatic heterocycles. The van der Waals surface area contributed by atoms with Crippen LogP contribution in [0.25, 0.3) is 10.9 Å². The van der Waals surface area contributed by atoms with Crippen molar-refractivity contribution in [3.05, 3.63) is 36.5 Å². The number of aromatic nitrogens is 1. The molecule has 0 fully saturated rings. The van der Waals surface area contributed by atoms with Crippen LogP contribution in [0.3, 0.4) is 0 Å². The fourth-order valence-corrected chi connectivity index (χ4v) is 2.49. The number of hydrogen-bond acceptors (Lipinski definition) is 2. The number of ketones is 1. The van der Waals surface area contributed by atoms with Crippen LogP contribution < -0.4 is 17.0 Å². The minimum absolute atomic E-state index is 0. The van der Waals surface area contributed by atoms with Gasteiger partial charge in [0.25, 0.3) is 0 Å². The molecule has 0 aliphatic rings. The van der Waals surface area contributed by atoms with E-state index in [9.17, 15) is 4.79 Å². The van der Waals surface area contributed by atoms with Gasteiger partial charge in [0.05, 0.1) is 11.1 Å². The van der Waals surface area contributed by atoms with Gasteiger partial charge >= 0.3 is 0 Å². The van der Waals surface area contributed by atoms with Crippen LogP contribution in [0.2, 0.25) is 0 Å². The summed E-state index contributed by atoms with van der Waals surface area (Å²) in [6.07, 6.45) is 2.03. The van der Waals surface area contributed by atoms with Gasteiger partial charge in [0, 0.05) is 17.0 Å². The number of thioether (sulfide) groups is 1. The zero-order valence-corrected chi connectivity index (χ0v) is 11.4.